The number of nitrogens with zero attached hydrogens (tertiary/aromatic N) is 3. The normalized spacial score (nSPS) is 27.3. The molecule has 4 rings (SSSR count). The van der Waals surface area contributed by atoms with Gasteiger partial charge in [-0.1, -0.05) is 5.16 Å². The van der Waals surface area contributed by atoms with E-state index >= 15 is 0 Å². The van der Waals surface area contributed by atoms with Gasteiger partial charge in [0.15, 0.2) is 5.76 Å². The number of carbonyl (C=O) groups excluding carboxylic acids is 1. The molecule has 0 saturated carbocycles. The van der Waals surface area contributed by atoms with Crippen molar-refractivity contribution in [2.75, 3.05) is 32.8 Å². The second kappa shape index (κ2) is 7.08. The molecule has 3 fully saturated rings. The summed E-state index contributed by atoms with van der Waals surface area (Å²) in [6.07, 6.45) is 6.56. The molecule has 3 aliphatic heterocycles. The highest BCUT2D eigenvalue weighted by atomic mass is 16.5. The molecule has 1 aromatic heterocycles. The van der Waals surface area contributed by atoms with Gasteiger partial charge in [0, 0.05) is 32.2 Å². The molecule has 0 aromatic carbocycles. The van der Waals surface area contributed by atoms with Gasteiger partial charge in [0.1, 0.15) is 0 Å². The minimum Gasteiger partial charge on any atom is -0.376 e. The van der Waals surface area contributed by atoms with E-state index in [9.17, 15) is 4.79 Å². The van der Waals surface area contributed by atoms with E-state index in [-0.39, 0.29) is 6.10 Å². The van der Waals surface area contributed by atoms with Gasteiger partial charge in [-0.25, -0.2) is 0 Å². The number of aryl methyl sites for hydroxylation is 1. The lowest BCUT2D eigenvalue weighted by Crippen LogP contribution is -2.52. The number of carbonyl (C=O) groups is 1. The molecule has 1 aromatic rings. The minimum atomic E-state index is 0.258. The number of aromatic nitrogens is 1. The van der Waals surface area contributed by atoms with Crippen LogP contribution in [0.2, 0.25) is 0 Å². The molecule has 0 N–H and O–H groups in total. The number of hydrogen-bond acceptors (Lipinski definition) is 5. The van der Waals surface area contributed by atoms with Crippen LogP contribution in [-0.2, 0) is 16.1 Å². The van der Waals surface area contributed by atoms with Gasteiger partial charge in [-0.3, -0.25) is 9.69 Å². The number of likely N-dealkylation sites (tertiary alicyclic amines) is 2. The fourth-order valence-electron chi connectivity index (χ4n) is 4.61. The molecule has 0 aliphatic carbocycles. The van der Waals surface area contributed by atoms with Crippen LogP contribution < -0.4 is 0 Å². The summed E-state index contributed by atoms with van der Waals surface area (Å²) < 4.78 is 11.1. The Bertz CT molecular complexity index is 601. The zero-order valence-corrected chi connectivity index (χ0v) is 15.2. The predicted molar refractivity (Wildman–Crippen MR) is 93.0 cm³/mol. The van der Waals surface area contributed by atoms with Crippen molar-refractivity contribution in [1.29, 1.82) is 0 Å². The van der Waals surface area contributed by atoms with Crippen molar-refractivity contribution in [2.24, 2.45) is 5.41 Å². The van der Waals surface area contributed by atoms with E-state index in [0.29, 0.717) is 17.7 Å². The average Bonchev–Trinajstić information content (AvgIpc) is 3.25. The van der Waals surface area contributed by atoms with Crippen molar-refractivity contribution >= 4 is 5.91 Å². The lowest BCUT2D eigenvalue weighted by molar-refractivity contribution is -0.141. The first-order chi connectivity index (χ1) is 12.1. The molecule has 0 bridgehead atoms. The fourth-order valence-corrected chi connectivity index (χ4v) is 4.61. The highest BCUT2D eigenvalue weighted by Crippen LogP contribution is 2.40. The quantitative estimate of drug-likeness (QED) is 0.837. The number of amides is 1. The van der Waals surface area contributed by atoms with Crippen LogP contribution in [0.25, 0.3) is 0 Å². The Morgan fingerprint density at radius 2 is 2.16 bits per heavy atom. The number of hydrogen-bond donors (Lipinski definition) is 0. The predicted octanol–water partition coefficient (Wildman–Crippen LogP) is 2.37. The Labute approximate surface area is 149 Å². The second-order valence-electron chi connectivity index (χ2n) is 8.12. The Hall–Kier alpha value is -1.40. The van der Waals surface area contributed by atoms with E-state index in [1.807, 2.05) is 13.0 Å². The Morgan fingerprint density at radius 1 is 1.32 bits per heavy atom. The second-order valence-corrected chi connectivity index (χ2v) is 8.12. The Balaban J connectivity index is 1.32. The average molecular weight is 347 g/mol. The first-order valence-corrected chi connectivity index (χ1v) is 9.66. The number of rotatable bonds is 4. The third-order valence-corrected chi connectivity index (χ3v) is 6.17. The first kappa shape index (κ1) is 17.0. The highest BCUT2D eigenvalue weighted by molar-refractivity contribution is 5.77. The van der Waals surface area contributed by atoms with Crippen molar-refractivity contribution in [3.05, 3.63) is 17.5 Å². The first-order valence-electron chi connectivity index (χ1n) is 9.66. The molecule has 0 unspecified atom stereocenters. The molecule has 1 atom stereocenters. The molecule has 0 radical (unpaired) electrons. The molecule has 6 nitrogen and oxygen atoms in total. The van der Waals surface area contributed by atoms with Crippen LogP contribution >= 0.6 is 0 Å². The summed E-state index contributed by atoms with van der Waals surface area (Å²) in [4.78, 5) is 16.9. The van der Waals surface area contributed by atoms with Crippen LogP contribution in [0.1, 0.15) is 50.0 Å². The van der Waals surface area contributed by atoms with Gasteiger partial charge in [0.2, 0.25) is 5.91 Å². The van der Waals surface area contributed by atoms with Gasteiger partial charge in [-0.05, 0) is 57.5 Å². The maximum absolute atomic E-state index is 12.4. The molecular weight excluding hydrogens is 318 g/mol. The van der Waals surface area contributed by atoms with Gasteiger partial charge in [-0.15, -0.1) is 0 Å². The zero-order chi connectivity index (χ0) is 17.3. The van der Waals surface area contributed by atoms with Crippen LogP contribution in [-0.4, -0.2) is 59.8 Å². The third-order valence-electron chi connectivity index (χ3n) is 6.17. The maximum atomic E-state index is 12.4. The Kier molecular flexibility index (Phi) is 4.82. The maximum Gasteiger partial charge on any atom is 0.222 e. The van der Waals surface area contributed by atoms with Crippen molar-refractivity contribution in [3.8, 4) is 0 Å². The summed E-state index contributed by atoms with van der Waals surface area (Å²) in [5.41, 5.74) is 1.25. The van der Waals surface area contributed by atoms with Crippen LogP contribution in [0.4, 0.5) is 0 Å². The van der Waals surface area contributed by atoms with Crippen LogP contribution in [0.3, 0.4) is 0 Å². The van der Waals surface area contributed by atoms with E-state index in [1.165, 1.54) is 0 Å². The number of ether oxygens (including phenoxy) is 1. The van der Waals surface area contributed by atoms with Crippen LogP contribution in [0.15, 0.2) is 10.6 Å². The van der Waals surface area contributed by atoms with E-state index < -0.39 is 0 Å². The molecule has 138 valence electrons. The molecule has 1 amide bonds. The van der Waals surface area contributed by atoms with E-state index in [0.717, 1.165) is 82.9 Å². The SMILES string of the molecule is Cc1cc(CN2CCC3(CCC(=O)N(C[C@@H]4CCCO4)C3)CC2)on1. The summed E-state index contributed by atoms with van der Waals surface area (Å²) in [5, 5.41) is 3.97. The lowest BCUT2D eigenvalue weighted by Gasteiger charge is -2.47. The molecule has 3 aliphatic rings. The van der Waals surface area contributed by atoms with E-state index in [4.69, 9.17) is 9.26 Å². The van der Waals surface area contributed by atoms with Gasteiger partial charge >= 0.3 is 0 Å². The lowest BCUT2D eigenvalue weighted by atomic mass is 9.72. The smallest absolute Gasteiger partial charge is 0.222 e. The molecule has 25 heavy (non-hydrogen) atoms. The van der Waals surface area contributed by atoms with Gasteiger partial charge < -0.3 is 14.2 Å². The van der Waals surface area contributed by atoms with Crippen LogP contribution in [0.5, 0.6) is 0 Å². The van der Waals surface area contributed by atoms with E-state index in [2.05, 4.69) is 15.0 Å². The standard InChI is InChI=1S/C19H29N3O3/c1-15-11-17(25-20-15)12-21-8-6-19(7-9-21)5-4-18(23)22(14-19)13-16-3-2-10-24-16/h11,16H,2-10,12-14H2,1H3/t16-/m0/s1. The van der Waals surface area contributed by atoms with Crippen molar-refractivity contribution < 1.29 is 14.1 Å². The molecular formula is C19H29N3O3. The van der Waals surface area contributed by atoms with Gasteiger partial charge in [-0.2, -0.15) is 0 Å². The van der Waals surface area contributed by atoms with Gasteiger partial charge in [0.05, 0.1) is 18.3 Å². The van der Waals surface area contributed by atoms with Crippen molar-refractivity contribution in [1.82, 2.24) is 15.0 Å². The largest absolute Gasteiger partial charge is 0.376 e. The molecule has 3 saturated heterocycles. The van der Waals surface area contributed by atoms with Crippen LogP contribution in [0, 0.1) is 12.3 Å². The Morgan fingerprint density at radius 3 is 2.84 bits per heavy atom. The molecule has 4 heterocycles. The fraction of sp³-hybridized carbons (Fsp3) is 0.789. The molecule has 1 spiro atoms. The summed E-state index contributed by atoms with van der Waals surface area (Å²) in [6.45, 7) is 7.51. The zero-order valence-electron chi connectivity index (χ0n) is 15.2. The van der Waals surface area contributed by atoms with Crippen molar-refractivity contribution in [2.45, 2.75) is 58.1 Å². The summed E-state index contributed by atoms with van der Waals surface area (Å²) >= 11 is 0. The minimum absolute atomic E-state index is 0.258. The third kappa shape index (κ3) is 3.90. The summed E-state index contributed by atoms with van der Waals surface area (Å²) in [7, 11) is 0. The highest BCUT2D eigenvalue weighted by Gasteiger charge is 2.41. The van der Waals surface area contributed by atoms with Gasteiger partial charge in [0.25, 0.3) is 0 Å². The monoisotopic (exact) mass is 347 g/mol. The topological polar surface area (TPSA) is 58.8 Å². The summed E-state index contributed by atoms with van der Waals surface area (Å²) in [6, 6.07) is 2.02. The number of piperidine rings is 2. The summed E-state index contributed by atoms with van der Waals surface area (Å²) in [5.74, 6) is 1.27. The molecule has 6 heteroatoms. The van der Waals surface area contributed by atoms with Crippen molar-refractivity contribution in [3.63, 3.8) is 0 Å². The van der Waals surface area contributed by atoms with E-state index in [1.54, 1.807) is 0 Å².